The molecule has 4 aromatic rings. The maximum absolute atomic E-state index is 12.8. The summed E-state index contributed by atoms with van der Waals surface area (Å²) in [6.45, 7) is 3.30. The standard InChI is InChI=1S/C26H27N5OS/c32-25(29-17-15-28(16-18-29)23-9-3-1-4-10-23)21-33-20-22-19-27-31(24-11-5-2-6-12-24)26(22)30-13-7-8-14-30/h1-14,19H,15-18,20-21H2. The lowest BCUT2D eigenvalue weighted by Gasteiger charge is -2.36. The van der Waals surface area contributed by atoms with Crippen LogP contribution in [0.2, 0.25) is 0 Å². The Kier molecular flexibility index (Phi) is 6.48. The lowest BCUT2D eigenvalue weighted by molar-refractivity contribution is -0.128. The Labute approximate surface area is 198 Å². The molecule has 0 bridgehead atoms. The first-order chi connectivity index (χ1) is 16.3. The van der Waals surface area contributed by atoms with Crippen LogP contribution in [0.1, 0.15) is 5.56 Å². The third-order valence-corrected chi connectivity index (χ3v) is 6.87. The van der Waals surface area contributed by atoms with Crippen LogP contribution in [0.3, 0.4) is 0 Å². The number of para-hydroxylation sites is 2. The summed E-state index contributed by atoms with van der Waals surface area (Å²) in [6.07, 6.45) is 5.97. The average molecular weight is 458 g/mol. The molecule has 0 aliphatic carbocycles. The summed E-state index contributed by atoms with van der Waals surface area (Å²) in [5.41, 5.74) is 3.36. The lowest BCUT2D eigenvalue weighted by atomic mass is 10.2. The van der Waals surface area contributed by atoms with Gasteiger partial charge in [0.25, 0.3) is 0 Å². The highest BCUT2D eigenvalue weighted by Gasteiger charge is 2.21. The number of nitrogens with zero attached hydrogens (tertiary/aromatic N) is 5. The molecular formula is C26H27N5OS. The molecule has 1 aliphatic heterocycles. The molecule has 0 atom stereocenters. The van der Waals surface area contributed by atoms with E-state index in [9.17, 15) is 4.79 Å². The Morgan fingerprint density at radius 3 is 2.12 bits per heavy atom. The molecule has 1 amide bonds. The van der Waals surface area contributed by atoms with Gasteiger partial charge >= 0.3 is 0 Å². The van der Waals surface area contributed by atoms with Crippen LogP contribution in [0.15, 0.2) is 91.4 Å². The van der Waals surface area contributed by atoms with Crippen molar-refractivity contribution in [2.24, 2.45) is 0 Å². The van der Waals surface area contributed by atoms with Gasteiger partial charge in [-0.25, -0.2) is 4.68 Å². The van der Waals surface area contributed by atoms with Gasteiger partial charge in [0.2, 0.25) is 5.91 Å². The minimum atomic E-state index is 0.214. The van der Waals surface area contributed by atoms with Crippen molar-refractivity contribution in [3.63, 3.8) is 0 Å². The average Bonchev–Trinajstić information content (AvgIpc) is 3.55. The van der Waals surface area contributed by atoms with Gasteiger partial charge < -0.3 is 14.4 Å². The number of carbonyl (C=O) groups is 1. The number of aromatic nitrogens is 3. The van der Waals surface area contributed by atoms with Gasteiger partial charge in [-0.05, 0) is 36.4 Å². The molecule has 0 spiro atoms. The molecular weight excluding hydrogens is 430 g/mol. The maximum Gasteiger partial charge on any atom is 0.232 e. The molecule has 2 aromatic heterocycles. The van der Waals surface area contributed by atoms with E-state index in [-0.39, 0.29) is 5.91 Å². The molecule has 33 heavy (non-hydrogen) atoms. The van der Waals surface area contributed by atoms with Gasteiger partial charge in [0, 0.05) is 55.6 Å². The van der Waals surface area contributed by atoms with Crippen molar-refractivity contribution in [1.82, 2.24) is 19.2 Å². The number of amides is 1. The Hall–Kier alpha value is -3.45. The van der Waals surface area contributed by atoms with Crippen LogP contribution in [-0.2, 0) is 10.5 Å². The Morgan fingerprint density at radius 2 is 1.45 bits per heavy atom. The smallest absolute Gasteiger partial charge is 0.232 e. The van der Waals surface area contributed by atoms with E-state index in [1.807, 2.05) is 64.6 Å². The molecule has 7 heteroatoms. The summed E-state index contributed by atoms with van der Waals surface area (Å²) in [5.74, 6) is 2.44. The molecule has 0 unspecified atom stereocenters. The molecule has 0 saturated carbocycles. The first-order valence-electron chi connectivity index (χ1n) is 11.2. The van der Waals surface area contributed by atoms with E-state index in [2.05, 4.69) is 51.0 Å². The highest BCUT2D eigenvalue weighted by Crippen LogP contribution is 2.24. The molecule has 0 N–H and O–H groups in total. The van der Waals surface area contributed by atoms with Gasteiger partial charge in [-0.15, -0.1) is 11.8 Å². The second-order valence-corrected chi connectivity index (χ2v) is 9.01. The van der Waals surface area contributed by atoms with Gasteiger partial charge in [-0.1, -0.05) is 36.4 Å². The van der Waals surface area contributed by atoms with Gasteiger partial charge in [0.1, 0.15) is 5.82 Å². The number of benzene rings is 2. The van der Waals surface area contributed by atoms with Crippen molar-refractivity contribution >= 4 is 23.4 Å². The van der Waals surface area contributed by atoms with E-state index in [1.165, 1.54) is 5.69 Å². The van der Waals surface area contributed by atoms with Crippen LogP contribution in [-0.4, -0.2) is 57.1 Å². The van der Waals surface area contributed by atoms with Gasteiger partial charge in [-0.3, -0.25) is 4.79 Å². The topological polar surface area (TPSA) is 46.3 Å². The first kappa shape index (κ1) is 21.4. The monoisotopic (exact) mass is 457 g/mol. The highest BCUT2D eigenvalue weighted by molar-refractivity contribution is 7.99. The normalized spacial score (nSPS) is 13.9. The lowest BCUT2D eigenvalue weighted by Crippen LogP contribution is -2.49. The molecule has 1 aliphatic rings. The predicted octanol–water partition coefficient (Wildman–Crippen LogP) is 4.25. The van der Waals surface area contributed by atoms with E-state index in [0.29, 0.717) is 5.75 Å². The molecule has 6 nitrogen and oxygen atoms in total. The molecule has 5 rings (SSSR count). The minimum absolute atomic E-state index is 0.214. The number of carbonyl (C=O) groups excluding carboxylic acids is 1. The Morgan fingerprint density at radius 1 is 0.818 bits per heavy atom. The largest absolute Gasteiger partial charge is 0.368 e. The molecule has 2 aromatic carbocycles. The molecule has 1 saturated heterocycles. The van der Waals surface area contributed by atoms with Crippen molar-refractivity contribution < 1.29 is 4.79 Å². The third kappa shape index (κ3) is 4.83. The fourth-order valence-corrected chi connectivity index (χ4v) is 5.06. The number of rotatable bonds is 7. The van der Waals surface area contributed by atoms with E-state index >= 15 is 0 Å². The third-order valence-electron chi connectivity index (χ3n) is 5.90. The number of piperazine rings is 1. The fourth-order valence-electron chi connectivity index (χ4n) is 4.18. The first-order valence-corrected chi connectivity index (χ1v) is 12.4. The van der Waals surface area contributed by atoms with Crippen LogP contribution >= 0.6 is 11.8 Å². The highest BCUT2D eigenvalue weighted by atomic mass is 32.2. The van der Waals surface area contributed by atoms with E-state index in [4.69, 9.17) is 0 Å². The van der Waals surface area contributed by atoms with E-state index < -0.39 is 0 Å². The van der Waals surface area contributed by atoms with Crippen molar-refractivity contribution in [3.05, 3.63) is 97.0 Å². The van der Waals surface area contributed by atoms with Crippen molar-refractivity contribution in [2.45, 2.75) is 5.75 Å². The maximum atomic E-state index is 12.8. The predicted molar refractivity (Wildman–Crippen MR) is 134 cm³/mol. The van der Waals surface area contributed by atoms with Crippen molar-refractivity contribution in [1.29, 1.82) is 0 Å². The van der Waals surface area contributed by atoms with Crippen LogP contribution < -0.4 is 4.90 Å². The van der Waals surface area contributed by atoms with Crippen LogP contribution in [0, 0.1) is 0 Å². The number of anilines is 1. The SMILES string of the molecule is O=C(CSCc1cnn(-c2ccccc2)c1-n1cccc1)N1CCN(c2ccccc2)CC1. The Balaban J connectivity index is 1.20. The number of hydrogen-bond donors (Lipinski definition) is 0. The van der Waals surface area contributed by atoms with Crippen LogP contribution in [0.25, 0.3) is 11.5 Å². The van der Waals surface area contributed by atoms with Crippen LogP contribution in [0.4, 0.5) is 5.69 Å². The molecule has 1 fully saturated rings. The molecule has 3 heterocycles. The second-order valence-electron chi connectivity index (χ2n) is 8.03. The molecule has 168 valence electrons. The number of thioether (sulfide) groups is 1. The van der Waals surface area contributed by atoms with E-state index in [0.717, 1.165) is 49.0 Å². The summed E-state index contributed by atoms with van der Waals surface area (Å²) < 4.78 is 4.04. The summed E-state index contributed by atoms with van der Waals surface area (Å²) >= 11 is 1.65. The summed E-state index contributed by atoms with van der Waals surface area (Å²) in [5, 5.41) is 4.65. The zero-order chi connectivity index (χ0) is 22.5. The van der Waals surface area contributed by atoms with Gasteiger partial charge in [0.05, 0.1) is 17.6 Å². The summed E-state index contributed by atoms with van der Waals surface area (Å²) in [7, 11) is 0. The zero-order valence-electron chi connectivity index (χ0n) is 18.5. The van der Waals surface area contributed by atoms with Gasteiger partial charge in [-0.2, -0.15) is 5.10 Å². The second kappa shape index (κ2) is 10.0. The zero-order valence-corrected chi connectivity index (χ0v) is 19.3. The molecule has 0 radical (unpaired) electrons. The Bertz CT molecular complexity index is 1170. The quantitative estimate of drug-likeness (QED) is 0.416. The van der Waals surface area contributed by atoms with Crippen molar-refractivity contribution in [3.8, 4) is 11.5 Å². The minimum Gasteiger partial charge on any atom is -0.368 e. The van der Waals surface area contributed by atoms with Gasteiger partial charge in [0.15, 0.2) is 0 Å². The van der Waals surface area contributed by atoms with E-state index in [1.54, 1.807) is 11.8 Å². The number of hydrogen-bond acceptors (Lipinski definition) is 4. The van der Waals surface area contributed by atoms with Crippen LogP contribution in [0.5, 0.6) is 0 Å². The summed E-state index contributed by atoms with van der Waals surface area (Å²) in [4.78, 5) is 17.2. The fraction of sp³-hybridized carbons (Fsp3) is 0.231. The van der Waals surface area contributed by atoms with Crippen molar-refractivity contribution in [2.75, 3.05) is 36.8 Å². The summed E-state index contributed by atoms with van der Waals surface area (Å²) in [6, 6.07) is 24.6.